The number of hydrogen-bond acceptors (Lipinski definition) is 6. The van der Waals surface area contributed by atoms with Crippen LogP contribution in [-0.4, -0.2) is 64.5 Å². The molecule has 10 nitrogen and oxygen atoms in total. The topological polar surface area (TPSA) is 122 Å². The molecular weight excluding hydrogens is 346 g/mol. The van der Waals surface area contributed by atoms with Crippen LogP contribution in [0.15, 0.2) is 31.0 Å². The van der Waals surface area contributed by atoms with Gasteiger partial charge in [-0.1, -0.05) is 0 Å². The number of carbonyl (C=O) groups excluding carboxylic acids is 1. The van der Waals surface area contributed by atoms with E-state index in [0.29, 0.717) is 31.0 Å². The smallest absolute Gasteiger partial charge is 0.321 e. The minimum Gasteiger partial charge on any atom is -0.323 e. The average Bonchev–Trinajstić information content (AvgIpc) is 3.08. The molecule has 3 heterocycles. The summed E-state index contributed by atoms with van der Waals surface area (Å²) in [7, 11) is -3.29. The minimum absolute atomic E-state index is 0.262. The number of urea groups is 1. The number of piperidine rings is 1. The van der Waals surface area contributed by atoms with E-state index >= 15 is 0 Å². The maximum absolute atomic E-state index is 12.4. The van der Waals surface area contributed by atoms with Gasteiger partial charge in [-0.15, -0.1) is 0 Å². The van der Waals surface area contributed by atoms with Crippen molar-refractivity contribution in [2.75, 3.05) is 24.7 Å². The van der Waals surface area contributed by atoms with E-state index in [1.807, 2.05) is 0 Å². The van der Waals surface area contributed by atoms with E-state index in [0.717, 1.165) is 12.7 Å². The quantitative estimate of drug-likeness (QED) is 0.798. The van der Waals surface area contributed by atoms with Crippen LogP contribution in [0, 0.1) is 0 Å². The molecule has 2 aromatic rings. The number of aromatic nitrogens is 4. The van der Waals surface area contributed by atoms with Crippen LogP contribution in [-0.2, 0) is 10.0 Å². The monoisotopic (exact) mass is 365 g/mol. The van der Waals surface area contributed by atoms with E-state index in [4.69, 9.17) is 0 Å². The van der Waals surface area contributed by atoms with Gasteiger partial charge in [0.15, 0.2) is 5.82 Å². The van der Waals surface area contributed by atoms with E-state index in [9.17, 15) is 13.2 Å². The van der Waals surface area contributed by atoms with E-state index in [1.165, 1.54) is 23.5 Å². The summed E-state index contributed by atoms with van der Waals surface area (Å²) >= 11 is 0. The molecule has 0 radical (unpaired) electrons. The zero-order valence-electron chi connectivity index (χ0n) is 13.7. The molecule has 1 fully saturated rings. The molecule has 0 aromatic carbocycles. The second-order valence-corrected chi connectivity index (χ2v) is 7.63. The number of anilines is 1. The van der Waals surface area contributed by atoms with Crippen molar-refractivity contribution in [3.8, 4) is 5.82 Å². The van der Waals surface area contributed by atoms with Gasteiger partial charge < -0.3 is 10.2 Å². The Kier molecular flexibility index (Phi) is 4.95. The lowest BCUT2D eigenvalue weighted by Crippen LogP contribution is -2.50. The van der Waals surface area contributed by atoms with Gasteiger partial charge in [0, 0.05) is 19.1 Å². The highest BCUT2D eigenvalue weighted by Gasteiger charge is 2.25. The number of amides is 2. The Morgan fingerprint density at radius 3 is 2.84 bits per heavy atom. The molecular formula is C14H19N7O3S. The average molecular weight is 365 g/mol. The van der Waals surface area contributed by atoms with Crippen molar-refractivity contribution in [3.05, 3.63) is 31.0 Å². The first kappa shape index (κ1) is 17.3. The van der Waals surface area contributed by atoms with Gasteiger partial charge in [0.1, 0.15) is 12.7 Å². The third-order valence-electron chi connectivity index (χ3n) is 3.74. The first-order chi connectivity index (χ1) is 11.9. The predicted octanol–water partition coefficient (Wildman–Crippen LogP) is 0.208. The fourth-order valence-electron chi connectivity index (χ4n) is 2.69. The molecule has 1 saturated heterocycles. The highest BCUT2D eigenvalue weighted by atomic mass is 32.2. The van der Waals surface area contributed by atoms with E-state index in [1.54, 1.807) is 17.0 Å². The van der Waals surface area contributed by atoms with Crippen molar-refractivity contribution in [2.24, 2.45) is 0 Å². The van der Waals surface area contributed by atoms with Crippen LogP contribution in [0.2, 0.25) is 0 Å². The third-order valence-corrected chi connectivity index (χ3v) is 4.50. The van der Waals surface area contributed by atoms with Crippen LogP contribution >= 0.6 is 0 Å². The molecule has 3 rings (SSSR count). The van der Waals surface area contributed by atoms with E-state index in [2.05, 4.69) is 25.1 Å². The highest BCUT2D eigenvalue weighted by molar-refractivity contribution is 7.88. The third kappa shape index (κ3) is 4.73. The summed E-state index contributed by atoms with van der Waals surface area (Å²) in [6, 6.07) is 2.89. The number of rotatable bonds is 4. The fourth-order valence-corrected chi connectivity index (χ4v) is 3.48. The lowest BCUT2D eigenvalue weighted by Gasteiger charge is -2.32. The number of hydrogen-bond donors (Lipinski definition) is 2. The number of pyridine rings is 1. The zero-order valence-corrected chi connectivity index (χ0v) is 14.5. The summed E-state index contributed by atoms with van der Waals surface area (Å²) in [6.45, 7) is 0.918. The van der Waals surface area contributed by atoms with Crippen LogP contribution in [0.25, 0.3) is 5.82 Å². The minimum atomic E-state index is -3.29. The first-order valence-corrected chi connectivity index (χ1v) is 9.64. The molecule has 0 bridgehead atoms. The van der Waals surface area contributed by atoms with Gasteiger partial charge >= 0.3 is 6.03 Å². The van der Waals surface area contributed by atoms with Gasteiger partial charge in [0.2, 0.25) is 10.0 Å². The summed E-state index contributed by atoms with van der Waals surface area (Å²) in [5.41, 5.74) is 0.548. The van der Waals surface area contributed by atoms with Gasteiger partial charge in [-0.3, -0.25) is 0 Å². The molecule has 1 aliphatic rings. The number of carbonyl (C=O) groups is 1. The summed E-state index contributed by atoms with van der Waals surface area (Å²) in [5, 5.41) is 6.75. The molecule has 0 aliphatic carbocycles. The van der Waals surface area contributed by atoms with Crippen LogP contribution < -0.4 is 10.0 Å². The van der Waals surface area contributed by atoms with Crippen molar-refractivity contribution >= 4 is 21.7 Å². The number of likely N-dealkylation sites (tertiary alicyclic amines) is 1. The molecule has 11 heteroatoms. The summed E-state index contributed by atoms with van der Waals surface area (Å²) < 4.78 is 26.8. The van der Waals surface area contributed by atoms with Crippen molar-refractivity contribution in [3.63, 3.8) is 0 Å². The Balaban J connectivity index is 1.60. The largest absolute Gasteiger partial charge is 0.323 e. The summed E-state index contributed by atoms with van der Waals surface area (Å²) in [5.74, 6) is 0.589. The van der Waals surface area contributed by atoms with E-state index in [-0.39, 0.29) is 12.1 Å². The summed E-state index contributed by atoms with van der Waals surface area (Å²) in [6.07, 6.45) is 7.05. The van der Waals surface area contributed by atoms with Crippen LogP contribution in [0.5, 0.6) is 0 Å². The SMILES string of the molecule is CS(=O)(=O)NC1CCCN(C(=O)Nc2ccc(-n3cncn3)nc2)C1. The molecule has 1 atom stereocenters. The molecule has 25 heavy (non-hydrogen) atoms. The summed E-state index contributed by atoms with van der Waals surface area (Å²) in [4.78, 5) is 22.0. The standard InChI is InChI=1S/C14H19N7O3S/c1-25(23,24)19-12-3-2-6-20(8-12)14(22)18-11-4-5-13(16-7-11)21-10-15-9-17-21/h4-5,7,9-10,12,19H,2-3,6,8H2,1H3,(H,18,22). The molecule has 0 saturated carbocycles. The van der Waals surface area contributed by atoms with Gasteiger partial charge in [0.05, 0.1) is 18.1 Å². The zero-order chi connectivity index (χ0) is 17.9. The fraction of sp³-hybridized carbons (Fsp3) is 0.429. The Labute approximate surface area is 145 Å². The molecule has 2 amide bonds. The maximum Gasteiger partial charge on any atom is 0.321 e. The van der Waals surface area contributed by atoms with E-state index < -0.39 is 10.0 Å². The molecule has 1 unspecified atom stereocenters. The first-order valence-electron chi connectivity index (χ1n) is 7.75. The Morgan fingerprint density at radius 1 is 1.36 bits per heavy atom. The van der Waals surface area contributed by atoms with Crippen molar-refractivity contribution in [1.82, 2.24) is 29.4 Å². The lowest BCUT2D eigenvalue weighted by molar-refractivity contribution is 0.190. The second-order valence-electron chi connectivity index (χ2n) is 5.85. The van der Waals surface area contributed by atoms with Crippen LogP contribution in [0.4, 0.5) is 10.5 Å². The highest BCUT2D eigenvalue weighted by Crippen LogP contribution is 2.14. The Bertz CT molecular complexity index is 821. The Hall–Kier alpha value is -2.53. The molecule has 134 valence electrons. The molecule has 2 N–H and O–H groups in total. The number of nitrogens with one attached hydrogen (secondary N) is 2. The molecule has 1 aliphatic heterocycles. The van der Waals surface area contributed by atoms with Crippen molar-refractivity contribution < 1.29 is 13.2 Å². The van der Waals surface area contributed by atoms with Crippen LogP contribution in [0.1, 0.15) is 12.8 Å². The van der Waals surface area contributed by atoms with Crippen LogP contribution in [0.3, 0.4) is 0 Å². The predicted molar refractivity (Wildman–Crippen MR) is 90.7 cm³/mol. The van der Waals surface area contributed by atoms with Gasteiger partial charge in [0.25, 0.3) is 0 Å². The van der Waals surface area contributed by atoms with Gasteiger partial charge in [-0.05, 0) is 25.0 Å². The lowest BCUT2D eigenvalue weighted by atomic mass is 10.1. The van der Waals surface area contributed by atoms with Crippen molar-refractivity contribution in [1.29, 1.82) is 0 Å². The van der Waals surface area contributed by atoms with Gasteiger partial charge in [-0.2, -0.15) is 5.10 Å². The molecule has 0 spiro atoms. The van der Waals surface area contributed by atoms with Crippen molar-refractivity contribution in [2.45, 2.75) is 18.9 Å². The normalized spacial score (nSPS) is 18.1. The molecule has 2 aromatic heterocycles. The van der Waals surface area contributed by atoms with Gasteiger partial charge in [-0.25, -0.2) is 32.6 Å². The number of sulfonamides is 1. The second kappa shape index (κ2) is 7.15. The number of nitrogens with zero attached hydrogens (tertiary/aromatic N) is 5. The maximum atomic E-state index is 12.4. The Morgan fingerprint density at radius 2 is 2.20 bits per heavy atom.